The number of benzene rings is 13. The molecule has 13 aromatic carbocycles. The molecule has 438 valence electrons. The second-order valence-corrected chi connectivity index (χ2v) is 23.5. The monoisotopic (exact) mass is 1220 g/mol. The van der Waals surface area contributed by atoms with Crippen LogP contribution in [0.1, 0.15) is 44.5 Å². The molecule has 2 heterocycles. The van der Waals surface area contributed by atoms with Crippen LogP contribution in [0.2, 0.25) is 0 Å². The van der Waals surface area contributed by atoms with Gasteiger partial charge in [-0.25, -0.2) is 0 Å². The van der Waals surface area contributed by atoms with Crippen LogP contribution >= 0.6 is 0 Å². The van der Waals surface area contributed by atoms with E-state index in [1.54, 1.807) is 60.7 Å². The molecule has 96 heavy (non-hydrogen) atoms. The first-order valence-electron chi connectivity index (χ1n) is 30.7. The van der Waals surface area contributed by atoms with Crippen molar-refractivity contribution in [3.05, 3.63) is 311 Å². The van der Waals surface area contributed by atoms with Crippen molar-refractivity contribution in [2.75, 3.05) is 0 Å². The Morgan fingerprint density at radius 1 is 0.219 bits per heavy atom. The molecule has 0 unspecified atom stereocenters. The summed E-state index contributed by atoms with van der Waals surface area (Å²) in [5.41, 5.74) is 23.7. The molecule has 0 bridgehead atoms. The van der Waals surface area contributed by atoms with Crippen molar-refractivity contribution in [2.24, 2.45) is 0 Å². The van der Waals surface area contributed by atoms with Gasteiger partial charge in [0.05, 0.1) is 103 Å². The summed E-state index contributed by atoms with van der Waals surface area (Å²) < 4.78 is 4.75. The van der Waals surface area contributed by atoms with Crippen molar-refractivity contribution in [3.8, 4) is 155 Å². The summed E-state index contributed by atoms with van der Waals surface area (Å²) in [6.45, 7) is 0. The fourth-order valence-electron chi connectivity index (χ4n) is 13.3. The molecule has 0 spiro atoms. The molecule has 15 rings (SSSR count). The van der Waals surface area contributed by atoms with Crippen molar-refractivity contribution in [1.29, 1.82) is 36.8 Å². The van der Waals surface area contributed by atoms with Gasteiger partial charge in [0.1, 0.15) is 0 Å². The van der Waals surface area contributed by atoms with E-state index in [0.717, 1.165) is 144 Å². The van der Waals surface area contributed by atoms with E-state index in [-0.39, 0.29) is 0 Å². The standard InChI is InChI=1S/C87H45N9/c1-2-54-29-55(47-88)34-70(33-54)62-11-19-66(20-12-62)74-41-75(67-21-13-63(14-22-67)71-35-56(48-89)30-57(36-71)49-90)44-78(43-74)95-84-10-6-4-8-82(84)86-85(95)28-27-81-80-7-3-5-9-83(80)96(87(81)86)79-45-76(68-23-15-64(16-24-68)72-37-58(50-91)31-59(38-72)51-92)42-77(46-79)69-25-17-65(18-26-69)73-39-60(52-93)32-61(40-73)53-94/h1,3-46H. The lowest BCUT2D eigenvalue weighted by atomic mass is 9.94. The van der Waals surface area contributed by atoms with E-state index >= 15 is 0 Å². The molecule has 0 aliphatic rings. The van der Waals surface area contributed by atoms with Crippen molar-refractivity contribution >= 4 is 43.6 Å². The van der Waals surface area contributed by atoms with Crippen LogP contribution in [0.15, 0.2) is 267 Å². The zero-order chi connectivity index (χ0) is 65.6. The largest absolute Gasteiger partial charge is 0.309 e. The number of aromatic nitrogens is 2. The number of fused-ring (bicyclic) bond motifs is 7. The van der Waals surface area contributed by atoms with E-state index in [0.29, 0.717) is 44.5 Å². The van der Waals surface area contributed by atoms with Crippen molar-refractivity contribution in [3.63, 3.8) is 0 Å². The first-order chi connectivity index (χ1) is 47.1. The zero-order valence-corrected chi connectivity index (χ0v) is 51.0. The molecular weight excluding hydrogens is 1170 g/mol. The normalized spacial score (nSPS) is 10.8. The summed E-state index contributed by atoms with van der Waals surface area (Å²) >= 11 is 0. The molecule has 0 radical (unpaired) electrons. The molecule has 9 nitrogen and oxygen atoms in total. The molecular formula is C87H45N9. The van der Waals surface area contributed by atoms with Crippen molar-refractivity contribution < 1.29 is 0 Å². The molecule has 0 aliphatic heterocycles. The summed E-state index contributed by atoms with van der Waals surface area (Å²) in [5, 5.41) is 73.3. The van der Waals surface area contributed by atoms with Gasteiger partial charge in [-0.2, -0.15) is 36.8 Å². The minimum atomic E-state index is 0.408. The summed E-state index contributed by atoms with van der Waals surface area (Å²) in [6.07, 6.45) is 5.85. The highest BCUT2D eigenvalue weighted by molar-refractivity contribution is 6.26. The second kappa shape index (κ2) is 24.0. The van der Waals surface area contributed by atoms with E-state index in [4.69, 9.17) is 6.42 Å². The number of para-hydroxylation sites is 2. The van der Waals surface area contributed by atoms with Gasteiger partial charge in [0.25, 0.3) is 0 Å². The lowest BCUT2D eigenvalue weighted by molar-refractivity contribution is 1.17. The van der Waals surface area contributed by atoms with Gasteiger partial charge in [-0.3, -0.25) is 0 Å². The molecule has 0 aliphatic carbocycles. The van der Waals surface area contributed by atoms with E-state index in [9.17, 15) is 36.8 Å². The third-order valence-electron chi connectivity index (χ3n) is 17.8. The van der Waals surface area contributed by atoms with Gasteiger partial charge in [-0.05, 0) is 216 Å². The van der Waals surface area contributed by atoms with Crippen LogP contribution in [-0.2, 0) is 0 Å². The lowest BCUT2D eigenvalue weighted by Crippen LogP contribution is -1.98. The molecule has 0 N–H and O–H groups in total. The Hall–Kier alpha value is -14.6. The summed E-state index contributed by atoms with van der Waals surface area (Å²) in [6, 6.07) is 104. The van der Waals surface area contributed by atoms with Gasteiger partial charge < -0.3 is 9.13 Å². The predicted octanol–water partition coefficient (Wildman–Crippen LogP) is 20.3. The van der Waals surface area contributed by atoms with Crippen molar-refractivity contribution in [2.45, 2.75) is 0 Å². The van der Waals surface area contributed by atoms with E-state index in [2.05, 4.69) is 215 Å². The van der Waals surface area contributed by atoms with Crippen LogP contribution in [0.5, 0.6) is 0 Å². The molecule has 0 atom stereocenters. The highest BCUT2D eigenvalue weighted by Gasteiger charge is 2.23. The average molecular weight is 1220 g/mol. The number of hydrogen-bond donors (Lipinski definition) is 0. The van der Waals surface area contributed by atoms with E-state index in [1.807, 2.05) is 48.5 Å². The van der Waals surface area contributed by atoms with E-state index < -0.39 is 0 Å². The summed E-state index contributed by atoms with van der Waals surface area (Å²) in [7, 11) is 0. The average Bonchev–Trinajstić information content (AvgIpc) is 1.54. The quantitative estimate of drug-likeness (QED) is 0.122. The summed E-state index contributed by atoms with van der Waals surface area (Å²) in [4.78, 5) is 0. The van der Waals surface area contributed by atoms with Crippen molar-refractivity contribution in [1.82, 2.24) is 9.13 Å². The predicted molar refractivity (Wildman–Crippen MR) is 380 cm³/mol. The maximum Gasteiger partial charge on any atom is 0.0992 e. The second-order valence-electron chi connectivity index (χ2n) is 23.5. The van der Waals surface area contributed by atoms with Gasteiger partial charge in [-0.15, -0.1) is 6.42 Å². The number of terminal acetylenes is 1. The molecule has 2 aromatic heterocycles. The van der Waals surface area contributed by atoms with E-state index in [1.165, 1.54) is 0 Å². The van der Waals surface area contributed by atoms with Crippen LogP contribution in [0.4, 0.5) is 0 Å². The highest BCUT2D eigenvalue weighted by Crippen LogP contribution is 2.45. The number of hydrogen-bond acceptors (Lipinski definition) is 7. The number of nitrogens with zero attached hydrogens (tertiary/aromatic N) is 9. The Morgan fingerprint density at radius 2 is 0.490 bits per heavy atom. The van der Waals surface area contributed by atoms with Crippen LogP contribution in [0.25, 0.3) is 144 Å². The highest BCUT2D eigenvalue weighted by atomic mass is 15.0. The fraction of sp³-hybridized carbons (Fsp3) is 0. The minimum absolute atomic E-state index is 0.408. The van der Waals surface area contributed by atoms with Crippen LogP contribution in [0, 0.1) is 91.7 Å². The first kappa shape index (κ1) is 57.9. The molecule has 9 heteroatoms. The minimum Gasteiger partial charge on any atom is -0.309 e. The fourth-order valence-corrected chi connectivity index (χ4v) is 13.3. The maximum atomic E-state index is 9.89. The number of nitriles is 7. The van der Waals surface area contributed by atoms with Gasteiger partial charge >= 0.3 is 0 Å². The smallest absolute Gasteiger partial charge is 0.0992 e. The molecule has 0 saturated carbocycles. The Morgan fingerprint density at radius 3 is 0.812 bits per heavy atom. The van der Waals surface area contributed by atoms with Crippen LogP contribution in [-0.4, -0.2) is 9.13 Å². The summed E-state index contributed by atoms with van der Waals surface area (Å²) in [5.74, 6) is 2.70. The Bertz CT molecular complexity index is 5740. The maximum absolute atomic E-state index is 9.89. The van der Waals surface area contributed by atoms with Crippen LogP contribution in [0.3, 0.4) is 0 Å². The SMILES string of the molecule is C#Cc1cc(C#N)cc(-c2ccc(-c3cc(-c4ccc(-c5cc(C#N)cc(C#N)c5)cc4)cc(-n4c5ccccc5c5c4ccc4c6ccccc6n(-c6cc(-c7ccc(-c8cc(C#N)cc(C#N)c8)cc7)cc(-c7ccc(-c8cc(C#N)cc(C#N)c8)cc7)c6)c45)c3)cc2)c1. The number of rotatable bonds is 10. The third kappa shape index (κ3) is 10.4. The Balaban J connectivity index is 0.938. The molecule has 0 saturated heterocycles. The molecule has 0 amide bonds. The van der Waals surface area contributed by atoms with Gasteiger partial charge in [-0.1, -0.05) is 145 Å². The molecule has 15 aromatic rings. The topological polar surface area (TPSA) is 176 Å². The molecule has 0 fully saturated rings. The van der Waals surface area contributed by atoms with Gasteiger partial charge in [0.2, 0.25) is 0 Å². The lowest BCUT2D eigenvalue weighted by Gasteiger charge is -2.16. The van der Waals surface area contributed by atoms with Crippen LogP contribution < -0.4 is 0 Å². The van der Waals surface area contributed by atoms with Gasteiger partial charge in [0.15, 0.2) is 0 Å². The third-order valence-corrected chi connectivity index (χ3v) is 17.8. The van der Waals surface area contributed by atoms with Gasteiger partial charge in [0, 0.05) is 38.5 Å². The first-order valence-corrected chi connectivity index (χ1v) is 30.7. The zero-order valence-electron chi connectivity index (χ0n) is 51.0. The Kier molecular flexibility index (Phi) is 14.5. The Labute approximate surface area is 553 Å².